The van der Waals surface area contributed by atoms with Crippen LogP contribution in [0.15, 0.2) is 77.7 Å². The normalized spacial score (nSPS) is 11.0. The predicted molar refractivity (Wildman–Crippen MR) is 124 cm³/mol. The Bertz CT molecular complexity index is 1210. The van der Waals surface area contributed by atoms with Crippen LogP contribution in [0.2, 0.25) is 5.02 Å². The van der Waals surface area contributed by atoms with Gasteiger partial charge in [-0.25, -0.2) is 8.42 Å². The minimum Gasteiger partial charge on any atom is -0.355 e. The standard InChI is InChI=1S/C23H22ClN3O4S/c1-25-22(28)17-5-3-16(4-6-17)15-27(2)23(29)18-7-13-21(14-8-18)32(30,31)26-20-11-9-19(24)10-12-20/h3-14,26H,15H2,1-2H3,(H,25,28). The molecule has 3 aromatic rings. The Kier molecular flexibility index (Phi) is 7.17. The first-order chi connectivity index (χ1) is 15.2. The first-order valence-corrected chi connectivity index (χ1v) is 11.5. The SMILES string of the molecule is CNC(=O)c1ccc(CN(C)C(=O)c2ccc(S(=O)(=O)Nc3ccc(Cl)cc3)cc2)cc1. The molecule has 7 nitrogen and oxygen atoms in total. The summed E-state index contributed by atoms with van der Waals surface area (Å²) in [5, 5.41) is 3.06. The third-order valence-corrected chi connectivity index (χ3v) is 6.37. The summed E-state index contributed by atoms with van der Waals surface area (Å²) in [5.41, 5.74) is 2.14. The van der Waals surface area contributed by atoms with Gasteiger partial charge in [0.05, 0.1) is 4.90 Å². The fraction of sp³-hybridized carbons (Fsp3) is 0.130. The van der Waals surface area contributed by atoms with Gasteiger partial charge in [0.2, 0.25) is 0 Å². The van der Waals surface area contributed by atoms with Gasteiger partial charge in [0.15, 0.2) is 0 Å². The van der Waals surface area contributed by atoms with E-state index < -0.39 is 10.0 Å². The molecule has 0 aliphatic carbocycles. The minimum absolute atomic E-state index is 0.0384. The molecule has 0 bridgehead atoms. The molecule has 0 unspecified atom stereocenters. The first-order valence-electron chi connectivity index (χ1n) is 9.64. The van der Waals surface area contributed by atoms with E-state index in [0.29, 0.717) is 28.4 Å². The van der Waals surface area contributed by atoms with Gasteiger partial charge in [-0.15, -0.1) is 0 Å². The number of amides is 2. The number of sulfonamides is 1. The van der Waals surface area contributed by atoms with E-state index in [9.17, 15) is 18.0 Å². The van der Waals surface area contributed by atoms with Crippen LogP contribution in [0.3, 0.4) is 0 Å². The summed E-state index contributed by atoms with van der Waals surface area (Å²) < 4.78 is 27.6. The predicted octanol–water partition coefficient (Wildman–Crippen LogP) is 3.77. The van der Waals surface area contributed by atoms with Crippen LogP contribution in [0.1, 0.15) is 26.3 Å². The molecule has 3 rings (SSSR count). The number of halogens is 1. The average Bonchev–Trinajstić information content (AvgIpc) is 2.80. The number of hydrogen-bond acceptors (Lipinski definition) is 4. The number of hydrogen-bond donors (Lipinski definition) is 2. The Hall–Kier alpha value is -3.36. The number of benzene rings is 3. The van der Waals surface area contributed by atoms with Gasteiger partial charge in [0.1, 0.15) is 0 Å². The Labute approximate surface area is 192 Å². The maximum Gasteiger partial charge on any atom is 0.261 e. The van der Waals surface area contributed by atoms with Crippen molar-refractivity contribution >= 4 is 39.1 Å². The number of anilines is 1. The number of nitrogens with one attached hydrogen (secondary N) is 2. The van der Waals surface area contributed by atoms with Crippen molar-refractivity contribution in [2.75, 3.05) is 18.8 Å². The Morgan fingerprint density at radius 1 is 0.875 bits per heavy atom. The van der Waals surface area contributed by atoms with Crippen molar-refractivity contribution in [2.45, 2.75) is 11.4 Å². The molecular formula is C23H22ClN3O4S. The molecule has 0 aromatic heterocycles. The molecule has 2 amide bonds. The quantitative estimate of drug-likeness (QED) is 0.548. The van der Waals surface area contributed by atoms with E-state index >= 15 is 0 Å². The summed E-state index contributed by atoms with van der Waals surface area (Å²) in [5.74, 6) is -0.434. The van der Waals surface area contributed by atoms with Gasteiger partial charge in [0, 0.05) is 42.5 Å². The molecule has 0 aliphatic rings. The van der Waals surface area contributed by atoms with Crippen LogP contribution < -0.4 is 10.0 Å². The fourth-order valence-electron chi connectivity index (χ4n) is 2.98. The Morgan fingerprint density at radius 3 is 2.00 bits per heavy atom. The topological polar surface area (TPSA) is 95.6 Å². The third kappa shape index (κ3) is 5.66. The maximum absolute atomic E-state index is 12.7. The summed E-state index contributed by atoms with van der Waals surface area (Å²) in [6, 6.07) is 19.0. The number of carbonyl (C=O) groups excluding carboxylic acids is 2. The van der Waals surface area contributed by atoms with E-state index in [4.69, 9.17) is 11.6 Å². The maximum atomic E-state index is 12.7. The molecule has 0 atom stereocenters. The second-order valence-electron chi connectivity index (χ2n) is 7.07. The molecule has 9 heteroatoms. The highest BCUT2D eigenvalue weighted by Gasteiger charge is 2.17. The fourth-order valence-corrected chi connectivity index (χ4v) is 4.17. The highest BCUT2D eigenvalue weighted by atomic mass is 35.5. The van der Waals surface area contributed by atoms with Crippen molar-refractivity contribution in [1.29, 1.82) is 0 Å². The molecule has 0 saturated heterocycles. The molecule has 3 aromatic carbocycles. The zero-order chi connectivity index (χ0) is 23.3. The molecule has 0 spiro atoms. The second-order valence-corrected chi connectivity index (χ2v) is 9.19. The van der Waals surface area contributed by atoms with Crippen molar-refractivity contribution in [3.05, 3.63) is 94.5 Å². The Balaban J connectivity index is 1.67. The lowest BCUT2D eigenvalue weighted by Crippen LogP contribution is -2.26. The highest BCUT2D eigenvalue weighted by molar-refractivity contribution is 7.92. The highest BCUT2D eigenvalue weighted by Crippen LogP contribution is 2.19. The summed E-state index contributed by atoms with van der Waals surface area (Å²) in [4.78, 5) is 25.9. The van der Waals surface area contributed by atoms with E-state index in [0.717, 1.165) is 5.56 Å². The molecule has 2 N–H and O–H groups in total. The van der Waals surface area contributed by atoms with Crippen molar-refractivity contribution < 1.29 is 18.0 Å². The molecule has 0 radical (unpaired) electrons. The van der Waals surface area contributed by atoms with Crippen LogP contribution in [0.25, 0.3) is 0 Å². The molecule has 0 saturated carbocycles. The summed E-state index contributed by atoms with van der Waals surface area (Å²) >= 11 is 5.82. The monoisotopic (exact) mass is 471 g/mol. The minimum atomic E-state index is -3.80. The van der Waals surface area contributed by atoms with Crippen LogP contribution in [0, 0.1) is 0 Å². The smallest absolute Gasteiger partial charge is 0.261 e. The second kappa shape index (κ2) is 9.84. The van der Waals surface area contributed by atoms with Crippen LogP contribution in [0.5, 0.6) is 0 Å². The molecular weight excluding hydrogens is 450 g/mol. The van der Waals surface area contributed by atoms with E-state index in [1.807, 2.05) is 0 Å². The molecule has 0 heterocycles. The Morgan fingerprint density at radius 2 is 1.44 bits per heavy atom. The number of carbonyl (C=O) groups is 2. The van der Waals surface area contributed by atoms with E-state index in [1.165, 1.54) is 29.2 Å². The summed E-state index contributed by atoms with van der Waals surface area (Å²) in [6.07, 6.45) is 0. The van der Waals surface area contributed by atoms with Crippen LogP contribution >= 0.6 is 11.6 Å². The van der Waals surface area contributed by atoms with Crippen LogP contribution in [-0.4, -0.2) is 39.2 Å². The van der Waals surface area contributed by atoms with Gasteiger partial charge >= 0.3 is 0 Å². The average molecular weight is 472 g/mol. The summed E-state index contributed by atoms with van der Waals surface area (Å²) in [6.45, 7) is 0.338. The van der Waals surface area contributed by atoms with Crippen molar-refractivity contribution in [3.63, 3.8) is 0 Å². The van der Waals surface area contributed by atoms with Crippen molar-refractivity contribution in [1.82, 2.24) is 10.2 Å². The third-order valence-electron chi connectivity index (χ3n) is 4.72. The van der Waals surface area contributed by atoms with E-state index in [2.05, 4.69) is 10.0 Å². The lowest BCUT2D eigenvalue weighted by molar-refractivity contribution is 0.0784. The first kappa shape index (κ1) is 23.3. The van der Waals surface area contributed by atoms with Gasteiger partial charge < -0.3 is 10.2 Å². The summed E-state index contributed by atoms with van der Waals surface area (Å²) in [7, 11) is -0.585. The van der Waals surface area contributed by atoms with Crippen LogP contribution in [-0.2, 0) is 16.6 Å². The van der Waals surface area contributed by atoms with Crippen molar-refractivity contribution in [3.8, 4) is 0 Å². The van der Waals surface area contributed by atoms with Gasteiger partial charge in [-0.05, 0) is 66.2 Å². The van der Waals surface area contributed by atoms with Gasteiger partial charge in [-0.3, -0.25) is 14.3 Å². The lowest BCUT2D eigenvalue weighted by atomic mass is 10.1. The van der Waals surface area contributed by atoms with E-state index in [1.54, 1.807) is 62.6 Å². The van der Waals surface area contributed by atoms with Crippen molar-refractivity contribution in [2.24, 2.45) is 0 Å². The molecule has 0 aliphatic heterocycles. The molecule has 32 heavy (non-hydrogen) atoms. The lowest BCUT2D eigenvalue weighted by Gasteiger charge is -2.18. The molecule has 0 fully saturated rings. The molecule has 166 valence electrons. The van der Waals surface area contributed by atoms with Gasteiger partial charge in [-0.1, -0.05) is 23.7 Å². The van der Waals surface area contributed by atoms with Gasteiger partial charge in [-0.2, -0.15) is 0 Å². The zero-order valence-corrected chi connectivity index (χ0v) is 19.1. The van der Waals surface area contributed by atoms with Crippen LogP contribution in [0.4, 0.5) is 5.69 Å². The number of nitrogens with zero attached hydrogens (tertiary/aromatic N) is 1. The zero-order valence-electron chi connectivity index (χ0n) is 17.5. The largest absolute Gasteiger partial charge is 0.355 e. The van der Waals surface area contributed by atoms with E-state index in [-0.39, 0.29) is 16.7 Å². The number of rotatable bonds is 7. The van der Waals surface area contributed by atoms with Gasteiger partial charge in [0.25, 0.3) is 21.8 Å².